The summed E-state index contributed by atoms with van der Waals surface area (Å²) in [6.07, 6.45) is 0. The Kier molecular flexibility index (Phi) is 5.79. The van der Waals surface area contributed by atoms with E-state index in [-0.39, 0.29) is 28.3 Å². The number of furan rings is 1. The highest BCUT2D eigenvalue weighted by Gasteiger charge is 2.38. The third-order valence-electron chi connectivity index (χ3n) is 5.84. The zero-order valence-electron chi connectivity index (χ0n) is 19.0. The average molecular weight is 492 g/mol. The van der Waals surface area contributed by atoms with Crippen LogP contribution in [-0.2, 0) is 4.79 Å². The van der Waals surface area contributed by atoms with E-state index in [0.29, 0.717) is 27.4 Å². The maximum Gasteiger partial charge on any atom is 0.270 e. The van der Waals surface area contributed by atoms with Crippen LogP contribution in [0.25, 0.3) is 22.5 Å². The second kappa shape index (κ2) is 9.24. The lowest BCUT2D eigenvalue weighted by atomic mass is 9.98. The van der Waals surface area contributed by atoms with Gasteiger partial charge < -0.3 is 4.42 Å². The van der Waals surface area contributed by atoms with E-state index in [1.807, 2.05) is 48.5 Å². The van der Waals surface area contributed by atoms with Crippen LogP contribution in [0.5, 0.6) is 0 Å². The molecule has 0 saturated heterocycles. The minimum absolute atomic E-state index is 0.0307. The summed E-state index contributed by atoms with van der Waals surface area (Å²) in [4.78, 5) is 49.4. The predicted molar refractivity (Wildman–Crippen MR) is 131 cm³/mol. The average Bonchev–Trinajstić information content (AvgIpc) is 3.39. The molecule has 0 spiro atoms. The Balaban J connectivity index is 1.46. The van der Waals surface area contributed by atoms with Crippen molar-refractivity contribution in [3.8, 4) is 28.5 Å². The van der Waals surface area contributed by atoms with E-state index in [4.69, 9.17) is 4.42 Å². The molecule has 4 aromatic rings. The van der Waals surface area contributed by atoms with E-state index >= 15 is 0 Å². The van der Waals surface area contributed by atoms with Gasteiger partial charge in [-0.2, -0.15) is 5.26 Å². The van der Waals surface area contributed by atoms with Crippen molar-refractivity contribution in [3.05, 3.63) is 106 Å². The molecule has 2 heterocycles. The summed E-state index contributed by atoms with van der Waals surface area (Å²) in [5.41, 5.74) is 1.41. The van der Waals surface area contributed by atoms with Gasteiger partial charge in [-0.3, -0.25) is 34.7 Å². The highest BCUT2D eigenvalue weighted by atomic mass is 16.6. The van der Waals surface area contributed by atoms with Gasteiger partial charge in [-0.1, -0.05) is 60.7 Å². The van der Waals surface area contributed by atoms with Gasteiger partial charge in [-0.05, 0) is 11.6 Å². The minimum atomic E-state index is -0.825. The molecule has 0 unspecified atom stereocenters. The zero-order valence-corrected chi connectivity index (χ0v) is 19.0. The fourth-order valence-electron chi connectivity index (χ4n) is 4.14. The van der Waals surface area contributed by atoms with Gasteiger partial charge in [0.2, 0.25) is 11.8 Å². The molecule has 37 heavy (non-hydrogen) atoms. The van der Waals surface area contributed by atoms with E-state index in [0.717, 1.165) is 12.1 Å². The molecular formula is C27H16N4O6. The van der Waals surface area contributed by atoms with Gasteiger partial charge >= 0.3 is 0 Å². The van der Waals surface area contributed by atoms with Crippen LogP contribution in [-0.4, -0.2) is 34.1 Å². The number of nitro benzene ring substituents is 1. The molecule has 10 heteroatoms. The molecule has 5 rings (SSSR count). The Labute approximate surface area is 209 Å². The van der Waals surface area contributed by atoms with Gasteiger partial charge in [0, 0.05) is 23.3 Å². The lowest BCUT2D eigenvalue weighted by molar-refractivity contribution is -0.384. The number of hydrogen-bond donors (Lipinski definition) is 1. The van der Waals surface area contributed by atoms with E-state index < -0.39 is 29.2 Å². The highest BCUT2D eigenvalue weighted by Crippen LogP contribution is 2.41. The molecule has 1 N–H and O–H groups in total. The number of imide groups is 1. The fraction of sp³-hybridized carbons (Fsp3) is 0.0370. The maximum atomic E-state index is 12.9. The Morgan fingerprint density at radius 3 is 2.19 bits per heavy atom. The Morgan fingerprint density at radius 1 is 0.946 bits per heavy atom. The number of nitro groups is 1. The Hall–Kier alpha value is -5.56. The maximum absolute atomic E-state index is 12.9. The summed E-state index contributed by atoms with van der Waals surface area (Å²) in [6.45, 7) is -0.674. The van der Waals surface area contributed by atoms with Gasteiger partial charge in [0.15, 0.2) is 0 Å². The van der Waals surface area contributed by atoms with Crippen LogP contribution in [0, 0.1) is 21.4 Å². The van der Waals surface area contributed by atoms with E-state index in [1.165, 1.54) is 6.07 Å². The zero-order chi connectivity index (χ0) is 26.1. The number of nitrogens with one attached hydrogen (secondary N) is 1. The van der Waals surface area contributed by atoms with Crippen molar-refractivity contribution in [1.82, 2.24) is 4.90 Å². The molecule has 0 radical (unpaired) electrons. The van der Waals surface area contributed by atoms with Crippen molar-refractivity contribution >= 4 is 29.3 Å². The number of anilines is 1. The van der Waals surface area contributed by atoms with Crippen LogP contribution in [0.2, 0.25) is 0 Å². The number of non-ortho nitro benzene ring substituents is 1. The first-order valence-electron chi connectivity index (χ1n) is 11.0. The number of amides is 3. The van der Waals surface area contributed by atoms with E-state index in [1.54, 1.807) is 12.1 Å². The van der Waals surface area contributed by atoms with Gasteiger partial charge in [-0.15, -0.1) is 0 Å². The van der Waals surface area contributed by atoms with Crippen molar-refractivity contribution in [3.63, 3.8) is 0 Å². The number of hydrogen-bond acceptors (Lipinski definition) is 7. The number of carbonyl (C=O) groups excluding carboxylic acids is 3. The number of nitrogens with zero attached hydrogens (tertiary/aromatic N) is 3. The van der Waals surface area contributed by atoms with Gasteiger partial charge in [0.1, 0.15) is 23.9 Å². The normalized spacial score (nSPS) is 12.2. The van der Waals surface area contributed by atoms with Crippen LogP contribution in [0.15, 0.2) is 83.3 Å². The molecule has 180 valence electrons. The SMILES string of the molecule is N#Cc1c(NC(=O)CN2C(=O)c3ccc([N+](=O)[O-])cc3C2=O)oc(-c2ccccc2)c1-c1ccccc1. The van der Waals surface area contributed by atoms with Crippen LogP contribution >= 0.6 is 0 Å². The van der Waals surface area contributed by atoms with Crippen LogP contribution in [0.3, 0.4) is 0 Å². The third-order valence-corrected chi connectivity index (χ3v) is 5.84. The lowest BCUT2D eigenvalue weighted by Gasteiger charge is -2.12. The lowest BCUT2D eigenvalue weighted by Crippen LogP contribution is -2.37. The number of fused-ring (bicyclic) bond motifs is 1. The molecule has 10 nitrogen and oxygen atoms in total. The largest absolute Gasteiger partial charge is 0.438 e. The predicted octanol–water partition coefficient (Wildman–Crippen LogP) is 4.63. The summed E-state index contributed by atoms with van der Waals surface area (Å²) in [6, 6.07) is 23.5. The molecule has 0 aliphatic carbocycles. The first kappa shape index (κ1) is 23.2. The minimum Gasteiger partial charge on any atom is -0.438 e. The molecule has 3 aromatic carbocycles. The second-order valence-electron chi connectivity index (χ2n) is 8.09. The first-order chi connectivity index (χ1) is 17.9. The summed E-state index contributed by atoms with van der Waals surface area (Å²) >= 11 is 0. The second-order valence-corrected chi connectivity index (χ2v) is 8.09. The Bertz CT molecular complexity index is 1620. The molecule has 0 saturated carbocycles. The monoisotopic (exact) mass is 492 g/mol. The number of benzene rings is 3. The molecule has 0 fully saturated rings. The van der Waals surface area contributed by atoms with Gasteiger partial charge in [0.05, 0.1) is 16.1 Å². The first-order valence-corrected chi connectivity index (χ1v) is 11.0. The molecule has 3 amide bonds. The van der Waals surface area contributed by atoms with Crippen molar-refractivity contribution in [2.75, 3.05) is 11.9 Å². The van der Waals surface area contributed by atoms with E-state index in [9.17, 15) is 29.8 Å². The topological polar surface area (TPSA) is 147 Å². The van der Waals surface area contributed by atoms with Crippen molar-refractivity contribution in [2.45, 2.75) is 0 Å². The summed E-state index contributed by atoms with van der Waals surface area (Å²) < 4.78 is 5.95. The third kappa shape index (κ3) is 4.11. The van der Waals surface area contributed by atoms with Crippen molar-refractivity contribution < 1.29 is 23.7 Å². The van der Waals surface area contributed by atoms with Gasteiger partial charge in [0.25, 0.3) is 17.5 Å². The van der Waals surface area contributed by atoms with Crippen LogP contribution in [0.1, 0.15) is 26.3 Å². The fourth-order valence-corrected chi connectivity index (χ4v) is 4.14. The van der Waals surface area contributed by atoms with Crippen molar-refractivity contribution in [1.29, 1.82) is 5.26 Å². The highest BCUT2D eigenvalue weighted by molar-refractivity contribution is 6.23. The molecule has 0 bridgehead atoms. The number of rotatable bonds is 6. The molecular weight excluding hydrogens is 476 g/mol. The van der Waals surface area contributed by atoms with Gasteiger partial charge in [-0.25, -0.2) is 0 Å². The van der Waals surface area contributed by atoms with E-state index in [2.05, 4.69) is 11.4 Å². The summed E-state index contributed by atoms with van der Waals surface area (Å²) in [5.74, 6) is -2.12. The molecule has 0 atom stereocenters. The Morgan fingerprint density at radius 2 is 1.57 bits per heavy atom. The quantitative estimate of drug-likeness (QED) is 0.234. The summed E-state index contributed by atoms with van der Waals surface area (Å²) in [5, 5.41) is 23.5. The molecule has 1 aliphatic rings. The van der Waals surface area contributed by atoms with Crippen molar-refractivity contribution in [2.24, 2.45) is 0 Å². The number of nitriles is 1. The molecule has 1 aliphatic heterocycles. The van der Waals surface area contributed by atoms with Crippen LogP contribution < -0.4 is 5.32 Å². The standard InChI is InChI=1S/C27H16N4O6/c28-14-21-23(16-7-3-1-4-8-16)24(17-9-5-2-6-10-17)37-25(21)29-22(32)15-30-26(33)19-12-11-18(31(35)36)13-20(19)27(30)34/h1-13H,15H2,(H,29,32). The van der Waals surface area contributed by atoms with Crippen LogP contribution in [0.4, 0.5) is 11.6 Å². The molecule has 1 aromatic heterocycles. The summed E-state index contributed by atoms with van der Waals surface area (Å²) in [7, 11) is 0. The smallest absolute Gasteiger partial charge is 0.270 e. The number of carbonyl (C=O) groups is 3.